The van der Waals surface area contributed by atoms with Crippen LogP contribution in [0.2, 0.25) is 0 Å². The monoisotopic (exact) mass is 600 g/mol. The summed E-state index contributed by atoms with van der Waals surface area (Å²) in [6.07, 6.45) is 0. The van der Waals surface area contributed by atoms with Gasteiger partial charge in [0.25, 0.3) is 0 Å². The summed E-state index contributed by atoms with van der Waals surface area (Å²) in [6.45, 7) is 16.0. The van der Waals surface area contributed by atoms with E-state index in [0.29, 0.717) is 0 Å². The average molecular weight is 601 g/mol. The van der Waals surface area contributed by atoms with E-state index in [9.17, 15) is 0 Å². The Morgan fingerprint density at radius 2 is 0.182 bits per heavy atom. The summed E-state index contributed by atoms with van der Waals surface area (Å²) in [4.78, 5) is 147. The van der Waals surface area contributed by atoms with Gasteiger partial charge >= 0.3 is 45.2 Å². The first kappa shape index (κ1) is 58.8. The number of hydrogen-bond acceptors (Lipinski definition) is 20. The maximum atomic E-state index is 7.33. The Labute approximate surface area is 197 Å². The summed E-state index contributed by atoms with van der Waals surface area (Å²) in [5.41, 5.74) is 0. The molecule has 0 aromatic rings. The Morgan fingerprint density at radius 1 is 0.182 bits per heavy atom. The van der Waals surface area contributed by atoms with E-state index >= 15 is 0 Å². The zero-order chi connectivity index (χ0) is 30.5. The predicted molar refractivity (Wildman–Crippen MR) is 119 cm³/mol. The van der Waals surface area contributed by atoms with Gasteiger partial charge in [0.1, 0.15) is 0 Å². The quantitative estimate of drug-likeness (QED) is 0.115. The van der Waals surface area contributed by atoms with Crippen molar-refractivity contribution in [1.29, 1.82) is 0 Å². The lowest BCUT2D eigenvalue weighted by Crippen LogP contribution is -2.33. The fourth-order valence-corrected chi connectivity index (χ4v) is 0. The average Bonchev–Trinajstić information content (AvgIpc) is 2.46. The van der Waals surface area contributed by atoms with Crippen molar-refractivity contribution in [3.05, 3.63) is 0 Å². The highest BCUT2D eigenvalue weighted by molar-refractivity contribution is 6.47. The second-order valence-electron chi connectivity index (χ2n) is 3.00. The van der Waals surface area contributed by atoms with Gasteiger partial charge in [-0.2, -0.15) is 0 Å². The van der Waals surface area contributed by atoms with Crippen LogP contribution in [0.3, 0.4) is 0 Å². The van der Waals surface area contributed by atoms with E-state index in [-0.39, 0.29) is 0 Å². The van der Waals surface area contributed by atoms with E-state index in [2.05, 4.69) is 0 Å². The minimum absolute atomic E-state index is 2.00. The highest BCUT2D eigenvalue weighted by Gasteiger charge is 2.23. The maximum absolute atomic E-state index is 7.33. The largest absolute Gasteiger partial charge is 0.668 e. The Hall–Kier alpha value is 0.284. The summed E-state index contributed by atoms with van der Waals surface area (Å²) in [7, 11) is -23.1. The van der Waals surface area contributed by atoms with Crippen LogP contribution in [0, 0.1) is 0 Å². The summed E-state index contributed by atoms with van der Waals surface area (Å²) >= 11 is 0. The lowest BCUT2D eigenvalue weighted by Gasteiger charge is -1.91. The molecule has 25 heteroatoms. The molecule has 0 unspecified atom stereocenters. The maximum Gasteiger partial charge on any atom is 0.668 e. The summed E-state index contributed by atoms with van der Waals surface area (Å²) in [5, 5.41) is 0. The molecule has 0 aromatic heterocycles. The second kappa shape index (κ2) is 34.5. The first-order valence-corrected chi connectivity index (χ1v) is 17.4. The first-order valence-electron chi connectivity index (χ1n) is 8.47. The van der Waals surface area contributed by atoms with Gasteiger partial charge in [-0.05, 0) is 0 Å². The third-order valence-electron chi connectivity index (χ3n) is 0. The molecule has 0 aliphatic rings. The van der Waals surface area contributed by atoms with Crippen LogP contribution in [0.5, 0.6) is 0 Å². The first-order chi connectivity index (χ1) is 14.0. The molecule has 0 rings (SSSR count). The molecule has 0 bridgehead atoms. The van der Waals surface area contributed by atoms with Crippen LogP contribution in [-0.4, -0.2) is 141 Å². The third kappa shape index (κ3) is 366000. The van der Waals surface area contributed by atoms with E-state index in [4.69, 9.17) is 95.9 Å². The molecule has 0 aliphatic heterocycles. The molecular formula is C8H44O20Si5. The molecule has 33 heavy (non-hydrogen) atoms. The second-order valence-corrected chi connectivity index (χ2v) is 9.00. The molecular weight excluding hydrogens is 556 g/mol. The molecule has 20 nitrogen and oxygen atoms in total. The lowest BCUT2D eigenvalue weighted by molar-refractivity contribution is 0.115. The summed E-state index contributed by atoms with van der Waals surface area (Å²) in [5.74, 6) is 0. The molecule has 0 spiro atoms. The molecule has 0 amide bonds. The molecule has 0 radical (unpaired) electrons. The Kier molecular flexibility index (Phi) is 61.4. The van der Waals surface area contributed by atoms with Crippen molar-refractivity contribution in [3.8, 4) is 0 Å². The van der Waals surface area contributed by atoms with E-state index in [1.54, 1.807) is 0 Å². The van der Waals surface area contributed by atoms with Crippen molar-refractivity contribution in [2.24, 2.45) is 0 Å². The smallest absolute Gasteiger partial charge is 0.368 e. The van der Waals surface area contributed by atoms with Gasteiger partial charge in [0.15, 0.2) is 0 Å². The van der Waals surface area contributed by atoms with E-state index in [0.717, 1.165) is 0 Å². The highest BCUT2D eigenvalue weighted by Crippen LogP contribution is 1.69. The predicted octanol–water partition coefficient (Wildman–Crippen LogP) is -8.94. The molecule has 216 valence electrons. The fourth-order valence-electron chi connectivity index (χ4n) is 0. The van der Waals surface area contributed by atoms with Gasteiger partial charge in [-0.1, -0.05) is 55.4 Å². The van der Waals surface area contributed by atoms with Crippen LogP contribution in [0.25, 0.3) is 0 Å². The number of rotatable bonds is 0. The van der Waals surface area contributed by atoms with Crippen LogP contribution < -0.4 is 0 Å². The van der Waals surface area contributed by atoms with Crippen molar-refractivity contribution in [3.63, 3.8) is 0 Å². The highest BCUT2D eigenvalue weighted by atomic mass is 28.4. The van der Waals surface area contributed by atoms with Gasteiger partial charge in [-0.25, -0.2) is 0 Å². The zero-order valence-electron chi connectivity index (χ0n) is 19.4. The van der Waals surface area contributed by atoms with Gasteiger partial charge in [0.05, 0.1) is 0 Å². The SMILES string of the molecule is CC.CC.CC.CC.O[Si](O)(O)O.O[Si](O)(O)O.O[Si](O)(O)O.O[Si](O)(O)O.O[Si](O)(O)O. The van der Waals surface area contributed by atoms with Crippen molar-refractivity contribution >= 4 is 45.2 Å². The molecule has 0 atom stereocenters. The molecule has 0 heterocycles. The minimum atomic E-state index is -4.61. The fraction of sp³-hybridized carbons (Fsp3) is 1.00. The van der Waals surface area contributed by atoms with E-state index < -0.39 is 45.2 Å². The van der Waals surface area contributed by atoms with Crippen molar-refractivity contribution in [2.45, 2.75) is 55.4 Å². The van der Waals surface area contributed by atoms with Gasteiger partial charge in [-0.15, -0.1) is 0 Å². The van der Waals surface area contributed by atoms with Crippen LogP contribution in [0.1, 0.15) is 55.4 Å². The van der Waals surface area contributed by atoms with Crippen LogP contribution in [-0.2, 0) is 0 Å². The summed E-state index contributed by atoms with van der Waals surface area (Å²) in [6, 6.07) is 0. The molecule has 0 saturated heterocycles. The lowest BCUT2D eigenvalue weighted by atomic mass is 11.0. The van der Waals surface area contributed by atoms with Crippen molar-refractivity contribution in [1.82, 2.24) is 0 Å². The van der Waals surface area contributed by atoms with Gasteiger partial charge < -0.3 is 95.9 Å². The van der Waals surface area contributed by atoms with Gasteiger partial charge in [-0.3, -0.25) is 0 Å². The summed E-state index contributed by atoms with van der Waals surface area (Å²) < 4.78 is 0. The van der Waals surface area contributed by atoms with E-state index in [1.165, 1.54) is 0 Å². The standard InChI is InChI=1S/4C2H6.5H4O4Si/c4*1-2;5*1-5(2,3)4/h4*1-2H3;5*1-4H. The molecule has 0 aliphatic carbocycles. The van der Waals surface area contributed by atoms with Crippen molar-refractivity contribution < 1.29 is 95.9 Å². The molecule has 0 aromatic carbocycles. The molecule has 20 N–H and O–H groups in total. The van der Waals surface area contributed by atoms with Gasteiger partial charge in [0.2, 0.25) is 0 Å². The van der Waals surface area contributed by atoms with Crippen LogP contribution in [0.4, 0.5) is 0 Å². The van der Waals surface area contributed by atoms with Crippen LogP contribution in [0.15, 0.2) is 0 Å². The van der Waals surface area contributed by atoms with E-state index in [1.807, 2.05) is 55.4 Å². The van der Waals surface area contributed by atoms with Gasteiger partial charge in [0, 0.05) is 0 Å². The third-order valence-corrected chi connectivity index (χ3v) is 0. The molecule has 0 saturated carbocycles. The topological polar surface area (TPSA) is 405 Å². The Balaban J connectivity index is -0.0000000289. The number of hydrogen-bond donors (Lipinski definition) is 20. The van der Waals surface area contributed by atoms with Crippen molar-refractivity contribution in [2.75, 3.05) is 0 Å². The van der Waals surface area contributed by atoms with Crippen LogP contribution >= 0.6 is 0 Å². The molecule has 0 fully saturated rings. The Morgan fingerprint density at radius 3 is 0.182 bits per heavy atom. The Bertz CT molecular complexity index is 192. The zero-order valence-corrected chi connectivity index (χ0v) is 24.4. The minimum Gasteiger partial charge on any atom is -0.368 e. The normalized spacial score (nSPS) is 9.82.